The van der Waals surface area contributed by atoms with Crippen LogP contribution in [0, 0.1) is 0 Å². The first-order valence-corrected chi connectivity index (χ1v) is 7.36. The zero-order chi connectivity index (χ0) is 14.7. The molecule has 3 rings (SSSR count). The molecule has 2 saturated heterocycles. The molecular weight excluding hydrogens is 272 g/mol. The Morgan fingerprint density at radius 1 is 1.38 bits per heavy atom. The molecule has 1 unspecified atom stereocenters. The second kappa shape index (κ2) is 6.13. The number of nitrogens with one attached hydrogen (secondary N) is 1. The third-order valence-electron chi connectivity index (χ3n) is 4.39. The van der Waals surface area contributed by atoms with Gasteiger partial charge in [-0.2, -0.15) is 0 Å². The highest BCUT2D eigenvalue weighted by Crippen LogP contribution is 2.26. The number of aromatic nitrogens is 2. The largest absolute Gasteiger partial charge is 0.379 e. The molecule has 1 aromatic heterocycles. The molecule has 2 fully saturated rings. The molecule has 116 valence electrons. The highest BCUT2D eigenvalue weighted by molar-refractivity contribution is 5.92. The van der Waals surface area contributed by atoms with Crippen molar-refractivity contribution < 1.29 is 14.3 Å². The normalized spacial score (nSPS) is 26.9. The summed E-state index contributed by atoms with van der Waals surface area (Å²) in [6.45, 7) is 5.29. The maximum Gasteiger partial charge on any atom is 0.269 e. The number of aryl methyl sites for hydroxylation is 1. The summed E-state index contributed by atoms with van der Waals surface area (Å²) in [6.07, 6.45) is 4.16. The molecule has 0 aromatic carbocycles. The van der Waals surface area contributed by atoms with Gasteiger partial charge in [-0.1, -0.05) is 0 Å². The van der Waals surface area contributed by atoms with Crippen molar-refractivity contribution in [3.8, 4) is 0 Å². The molecule has 3 heterocycles. The lowest BCUT2D eigenvalue weighted by molar-refractivity contribution is -0.0250. The van der Waals surface area contributed by atoms with Gasteiger partial charge in [0.2, 0.25) is 0 Å². The molecular formula is C14H22N4O3. The van der Waals surface area contributed by atoms with E-state index in [1.54, 1.807) is 17.1 Å². The van der Waals surface area contributed by atoms with E-state index in [1.807, 2.05) is 7.05 Å². The highest BCUT2D eigenvalue weighted by atomic mass is 16.5. The van der Waals surface area contributed by atoms with Gasteiger partial charge in [-0.05, 0) is 6.42 Å². The van der Waals surface area contributed by atoms with Crippen LogP contribution in [0.5, 0.6) is 0 Å². The molecule has 21 heavy (non-hydrogen) atoms. The molecule has 1 N–H and O–H groups in total. The average Bonchev–Trinajstić information content (AvgIpc) is 3.15. The molecule has 1 aromatic rings. The van der Waals surface area contributed by atoms with Crippen LogP contribution in [0.3, 0.4) is 0 Å². The Hall–Kier alpha value is -1.44. The summed E-state index contributed by atoms with van der Waals surface area (Å²) in [7, 11) is 1.82. The van der Waals surface area contributed by atoms with E-state index in [9.17, 15) is 4.79 Å². The van der Waals surface area contributed by atoms with Gasteiger partial charge < -0.3 is 19.4 Å². The summed E-state index contributed by atoms with van der Waals surface area (Å²) < 4.78 is 12.8. The van der Waals surface area contributed by atoms with Crippen LogP contribution >= 0.6 is 0 Å². The van der Waals surface area contributed by atoms with E-state index in [0.29, 0.717) is 18.8 Å². The minimum atomic E-state index is -0.0992. The Kier molecular flexibility index (Phi) is 4.23. The Balaban J connectivity index is 1.65. The first-order valence-electron chi connectivity index (χ1n) is 7.36. The summed E-state index contributed by atoms with van der Waals surface area (Å²) in [4.78, 5) is 18.6. The van der Waals surface area contributed by atoms with Gasteiger partial charge in [0.15, 0.2) is 0 Å². The van der Waals surface area contributed by atoms with Gasteiger partial charge in [-0.15, -0.1) is 0 Å². The standard InChI is InChI=1S/C14H22N4O3/c1-17-11-15-8-12(17)13(19)16-9-14(2-5-21-10-14)18-3-6-20-7-4-18/h8,11H,2-7,9-10H2,1H3,(H,16,19). The fourth-order valence-electron chi connectivity index (χ4n) is 3.05. The molecule has 0 spiro atoms. The number of amides is 1. The van der Waals surface area contributed by atoms with Crippen molar-refractivity contribution in [2.24, 2.45) is 7.05 Å². The maximum atomic E-state index is 12.3. The van der Waals surface area contributed by atoms with Crippen molar-refractivity contribution in [3.05, 3.63) is 18.2 Å². The molecule has 0 saturated carbocycles. The summed E-state index contributed by atoms with van der Waals surface area (Å²) in [5, 5.41) is 3.04. The fraction of sp³-hybridized carbons (Fsp3) is 0.714. The van der Waals surface area contributed by atoms with Gasteiger partial charge in [-0.25, -0.2) is 4.98 Å². The molecule has 2 aliphatic rings. The summed E-state index contributed by atoms with van der Waals surface area (Å²) in [5.74, 6) is -0.0884. The highest BCUT2D eigenvalue weighted by Gasteiger charge is 2.41. The van der Waals surface area contributed by atoms with E-state index in [-0.39, 0.29) is 11.4 Å². The van der Waals surface area contributed by atoms with Crippen LogP contribution in [0.1, 0.15) is 16.9 Å². The number of carbonyl (C=O) groups is 1. The van der Waals surface area contributed by atoms with E-state index in [1.165, 1.54) is 0 Å². The summed E-state index contributed by atoms with van der Waals surface area (Å²) in [5.41, 5.74) is 0.476. The average molecular weight is 294 g/mol. The van der Waals surface area contributed by atoms with Gasteiger partial charge in [0.05, 0.1) is 37.9 Å². The minimum Gasteiger partial charge on any atom is -0.379 e. The molecule has 0 aliphatic carbocycles. The van der Waals surface area contributed by atoms with Crippen molar-refractivity contribution in [2.45, 2.75) is 12.0 Å². The van der Waals surface area contributed by atoms with Gasteiger partial charge in [-0.3, -0.25) is 9.69 Å². The van der Waals surface area contributed by atoms with Crippen LogP contribution in [0.2, 0.25) is 0 Å². The maximum absolute atomic E-state index is 12.3. The number of carbonyl (C=O) groups excluding carboxylic acids is 1. The molecule has 1 atom stereocenters. The number of rotatable bonds is 4. The Labute approximate surface area is 124 Å². The van der Waals surface area contributed by atoms with Crippen molar-refractivity contribution in [3.63, 3.8) is 0 Å². The van der Waals surface area contributed by atoms with Gasteiger partial charge in [0.1, 0.15) is 5.69 Å². The third-order valence-corrected chi connectivity index (χ3v) is 4.39. The lowest BCUT2D eigenvalue weighted by atomic mass is 9.95. The molecule has 0 bridgehead atoms. The molecule has 2 aliphatic heterocycles. The van der Waals surface area contributed by atoms with E-state index in [2.05, 4.69) is 15.2 Å². The SMILES string of the molecule is Cn1cncc1C(=O)NCC1(N2CCOCC2)CCOC1. The summed E-state index contributed by atoms with van der Waals surface area (Å²) in [6, 6.07) is 0. The van der Waals surface area contributed by atoms with Gasteiger partial charge in [0, 0.05) is 33.3 Å². The van der Waals surface area contributed by atoms with E-state index < -0.39 is 0 Å². The number of hydrogen-bond acceptors (Lipinski definition) is 5. The zero-order valence-electron chi connectivity index (χ0n) is 12.4. The van der Waals surface area contributed by atoms with Crippen molar-refractivity contribution in [1.29, 1.82) is 0 Å². The molecule has 0 radical (unpaired) electrons. The lowest BCUT2D eigenvalue weighted by Gasteiger charge is -2.42. The smallest absolute Gasteiger partial charge is 0.269 e. The van der Waals surface area contributed by atoms with Gasteiger partial charge in [0.25, 0.3) is 5.91 Å². The number of ether oxygens (including phenoxy) is 2. The van der Waals surface area contributed by atoms with Crippen LogP contribution in [0.15, 0.2) is 12.5 Å². The Bertz CT molecular complexity index is 490. The molecule has 7 heteroatoms. The van der Waals surface area contributed by atoms with E-state index in [0.717, 1.165) is 39.3 Å². The zero-order valence-corrected chi connectivity index (χ0v) is 12.4. The molecule has 1 amide bonds. The van der Waals surface area contributed by atoms with Crippen molar-refractivity contribution >= 4 is 5.91 Å². The van der Waals surface area contributed by atoms with Crippen LogP contribution < -0.4 is 5.32 Å². The van der Waals surface area contributed by atoms with Crippen molar-refractivity contribution in [2.75, 3.05) is 46.1 Å². The number of morpholine rings is 1. The predicted molar refractivity (Wildman–Crippen MR) is 76.1 cm³/mol. The minimum absolute atomic E-state index is 0.0884. The Morgan fingerprint density at radius 2 is 2.19 bits per heavy atom. The monoisotopic (exact) mass is 294 g/mol. The number of imidazole rings is 1. The number of nitrogens with zero attached hydrogens (tertiary/aromatic N) is 3. The van der Waals surface area contributed by atoms with Crippen LogP contribution in [0.4, 0.5) is 0 Å². The molecule has 7 nitrogen and oxygen atoms in total. The van der Waals surface area contributed by atoms with E-state index in [4.69, 9.17) is 9.47 Å². The first-order chi connectivity index (χ1) is 10.2. The quantitative estimate of drug-likeness (QED) is 0.821. The van der Waals surface area contributed by atoms with Crippen LogP contribution in [0.25, 0.3) is 0 Å². The summed E-state index contributed by atoms with van der Waals surface area (Å²) >= 11 is 0. The van der Waals surface area contributed by atoms with Crippen molar-refractivity contribution in [1.82, 2.24) is 19.8 Å². The topological polar surface area (TPSA) is 68.6 Å². The third kappa shape index (κ3) is 2.95. The van der Waals surface area contributed by atoms with Crippen LogP contribution in [-0.4, -0.2) is 72.0 Å². The second-order valence-electron chi connectivity index (χ2n) is 5.70. The second-order valence-corrected chi connectivity index (χ2v) is 5.70. The van der Waals surface area contributed by atoms with E-state index >= 15 is 0 Å². The van der Waals surface area contributed by atoms with Crippen LogP contribution in [-0.2, 0) is 16.5 Å². The van der Waals surface area contributed by atoms with Gasteiger partial charge >= 0.3 is 0 Å². The first kappa shape index (κ1) is 14.5. The Morgan fingerprint density at radius 3 is 2.81 bits per heavy atom. The fourth-order valence-corrected chi connectivity index (χ4v) is 3.05. The number of hydrogen-bond donors (Lipinski definition) is 1. The lowest BCUT2D eigenvalue weighted by Crippen LogP contribution is -2.59. The predicted octanol–water partition coefficient (Wildman–Crippen LogP) is -0.359.